The Morgan fingerprint density at radius 3 is 1.57 bits per heavy atom. The predicted octanol–water partition coefficient (Wildman–Crippen LogP) is 3.33. The quantitative estimate of drug-likeness (QED) is 0.518. The Hall–Kier alpha value is -0.790. The minimum Gasteiger partial charge on any atom is -0.242 e. The lowest BCUT2D eigenvalue weighted by Gasteiger charge is -2.25. The molecule has 0 aromatic heterocycles. The summed E-state index contributed by atoms with van der Waals surface area (Å²) in [7, 11) is 0. The highest BCUT2D eigenvalue weighted by Crippen LogP contribution is 2.40. The molecule has 0 fully saturated rings. The third kappa shape index (κ3) is 3.52. The lowest BCUT2D eigenvalue weighted by atomic mass is 10.3. The number of hydrogen-bond acceptors (Lipinski definition) is 1. The van der Waals surface area contributed by atoms with Gasteiger partial charge in [-0.05, 0) is 13.0 Å². The van der Waals surface area contributed by atoms with E-state index in [1.54, 1.807) is 0 Å². The van der Waals surface area contributed by atoms with Crippen molar-refractivity contribution < 1.29 is 35.5 Å². The monoisotopic (exact) mass is 226 g/mol. The van der Waals surface area contributed by atoms with Crippen LogP contribution in [0.1, 0.15) is 6.92 Å². The van der Waals surface area contributed by atoms with E-state index in [9.17, 15) is 30.7 Å². The van der Waals surface area contributed by atoms with E-state index in [0.717, 1.165) is 6.92 Å². The molecule has 0 aliphatic rings. The number of hydrogen-bond donors (Lipinski definition) is 0. The summed E-state index contributed by atoms with van der Waals surface area (Å²) in [6.07, 6.45) is -11.4. The second kappa shape index (κ2) is 3.76. The van der Waals surface area contributed by atoms with Crippen molar-refractivity contribution in [3.63, 3.8) is 0 Å². The zero-order chi connectivity index (χ0) is 11.6. The van der Waals surface area contributed by atoms with Crippen molar-refractivity contribution in [3.05, 3.63) is 12.2 Å². The van der Waals surface area contributed by atoms with Gasteiger partial charge in [0.05, 0.1) is 0 Å². The van der Waals surface area contributed by atoms with Crippen LogP contribution >= 0.6 is 0 Å². The Kier molecular flexibility index (Phi) is 3.54. The van der Waals surface area contributed by atoms with Gasteiger partial charge in [0.25, 0.3) is 0 Å². The number of ether oxygens (including phenoxy) is 1. The molecular weight excluding hydrogens is 221 g/mol. The zero-order valence-corrected chi connectivity index (χ0v) is 6.71. The van der Waals surface area contributed by atoms with Crippen LogP contribution in [-0.4, -0.2) is 18.4 Å². The average Bonchev–Trinajstić information content (AvgIpc) is 1.79. The van der Waals surface area contributed by atoms with Crippen molar-refractivity contribution >= 4 is 0 Å². The molecule has 0 aliphatic heterocycles. The molecule has 0 aromatic carbocycles. The van der Waals surface area contributed by atoms with Crippen molar-refractivity contribution in [1.29, 1.82) is 0 Å². The van der Waals surface area contributed by atoms with Gasteiger partial charge in [0, 0.05) is 0 Å². The van der Waals surface area contributed by atoms with Crippen molar-refractivity contribution in [2.45, 2.75) is 25.3 Å². The molecule has 0 N–H and O–H groups in total. The summed E-state index contributed by atoms with van der Waals surface area (Å²) in [4.78, 5) is 0. The smallest absolute Gasteiger partial charge is 0.242 e. The maximum absolute atomic E-state index is 12.6. The van der Waals surface area contributed by atoms with Gasteiger partial charge in [-0.1, -0.05) is 6.08 Å². The summed E-state index contributed by atoms with van der Waals surface area (Å²) in [5.41, 5.74) is 0. The third-order valence-electron chi connectivity index (χ3n) is 1.03. The van der Waals surface area contributed by atoms with Crippen LogP contribution in [0.3, 0.4) is 0 Å². The first-order valence-corrected chi connectivity index (χ1v) is 3.18. The van der Waals surface area contributed by atoms with Gasteiger partial charge in [0.1, 0.15) is 0 Å². The summed E-state index contributed by atoms with van der Waals surface area (Å²) >= 11 is 0. The molecule has 0 amide bonds. The van der Waals surface area contributed by atoms with Gasteiger partial charge < -0.3 is 0 Å². The van der Waals surface area contributed by atoms with Crippen LogP contribution in [0.4, 0.5) is 30.7 Å². The Morgan fingerprint density at radius 1 is 0.929 bits per heavy atom. The maximum atomic E-state index is 12.6. The molecule has 1 nitrogen and oxygen atoms in total. The highest BCUT2D eigenvalue weighted by molar-refractivity contribution is 4.99. The van der Waals surface area contributed by atoms with Crippen LogP contribution in [0.15, 0.2) is 12.2 Å². The van der Waals surface area contributed by atoms with Crippen LogP contribution in [0, 0.1) is 0 Å². The summed E-state index contributed by atoms with van der Waals surface area (Å²) < 4.78 is 84.5. The number of rotatable bonds is 2. The molecule has 0 bridgehead atoms. The zero-order valence-electron chi connectivity index (χ0n) is 6.71. The molecule has 0 spiro atoms. The van der Waals surface area contributed by atoms with E-state index in [1.807, 2.05) is 0 Å². The molecule has 0 saturated heterocycles. The summed E-state index contributed by atoms with van der Waals surface area (Å²) in [5.74, 6) is -4.83. The minimum atomic E-state index is -5.78. The molecule has 0 aliphatic carbocycles. The molecule has 0 aromatic rings. The van der Waals surface area contributed by atoms with E-state index in [0.29, 0.717) is 6.08 Å². The number of halogens is 7. The second-order valence-corrected chi connectivity index (χ2v) is 2.19. The number of allylic oxidation sites excluding steroid dienone is 1. The molecule has 0 heterocycles. The Bertz CT molecular complexity index is 215. The first-order valence-electron chi connectivity index (χ1n) is 3.18. The molecule has 1 atom stereocenters. The summed E-state index contributed by atoms with van der Waals surface area (Å²) in [6.45, 7) is 0.930. The fourth-order valence-corrected chi connectivity index (χ4v) is 0.569. The van der Waals surface area contributed by atoms with Crippen LogP contribution in [-0.2, 0) is 4.74 Å². The molecule has 1 unspecified atom stereocenters. The van der Waals surface area contributed by atoms with Gasteiger partial charge >= 0.3 is 18.4 Å². The maximum Gasteiger partial charge on any atom is 0.525 e. The van der Waals surface area contributed by atoms with Crippen molar-refractivity contribution in [1.82, 2.24) is 0 Å². The highest BCUT2D eigenvalue weighted by Gasteiger charge is 2.60. The molecule has 0 rings (SSSR count). The van der Waals surface area contributed by atoms with Crippen LogP contribution in [0.5, 0.6) is 0 Å². The van der Waals surface area contributed by atoms with Gasteiger partial charge in [-0.25, -0.2) is 4.74 Å². The lowest BCUT2D eigenvalue weighted by Crippen LogP contribution is -2.45. The largest absolute Gasteiger partial charge is 0.525 e. The summed E-state index contributed by atoms with van der Waals surface area (Å²) in [5, 5.41) is 0. The Labute approximate surface area is 74.1 Å². The third-order valence-corrected chi connectivity index (χ3v) is 1.03. The molecule has 8 heteroatoms. The first-order chi connectivity index (χ1) is 6.02. The van der Waals surface area contributed by atoms with E-state index >= 15 is 0 Å². The van der Waals surface area contributed by atoms with Crippen molar-refractivity contribution in [2.75, 3.05) is 0 Å². The van der Waals surface area contributed by atoms with E-state index in [1.165, 1.54) is 0 Å². The molecule has 0 radical (unpaired) electrons. The highest BCUT2D eigenvalue weighted by atomic mass is 19.4. The SMILES string of the molecule is C/C=C/C(F)(OC(F)(F)F)C(F)(F)F. The van der Waals surface area contributed by atoms with Gasteiger partial charge in [-0.2, -0.15) is 17.6 Å². The van der Waals surface area contributed by atoms with Gasteiger partial charge in [0.15, 0.2) is 0 Å². The first kappa shape index (κ1) is 13.2. The Balaban J connectivity index is 4.93. The van der Waals surface area contributed by atoms with Crippen LogP contribution in [0.2, 0.25) is 0 Å². The molecule has 84 valence electrons. The van der Waals surface area contributed by atoms with Crippen molar-refractivity contribution in [2.24, 2.45) is 0 Å². The molecule has 0 saturated carbocycles. The topological polar surface area (TPSA) is 9.23 Å². The normalized spacial score (nSPS) is 18.6. The van der Waals surface area contributed by atoms with Gasteiger partial charge in [-0.15, -0.1) is 13.2 Å². The van der Waals surface area contributed by atoms with E-state index in [-0.39, 0.29) is 6.08 Å². The average molecular weight is 226 g/mol. The fourth-order valence-electron chi connectivity index (χ4n) is 0.569. The minimum absolute atomic E-state index is 0.361. The lowest BCUT2D eigenvalue weighted by molar-refractivity contribution is -0.432. The standard InChI is InChI=1S/C6H5F7O/c1-2-3-4(7,5(8,9)10)14-6(11,12)13/h2-3H,1H3/b3-2+. The summed E-state index contributed by atoms with van der Waals surface area (Å²) in [6, 6.07) is 0. The number of alkyl halides is 7. The van der Waals surface area contributed by atoms with Gasteiger partial charge in [0.2, 0.25) is 0 Å². The molecule has 14 heavy (non-hydrogen) atoms. The van der Waals surface area contributed by atoms with E-state index in [2.05, 4.69) is 4.74 Å². The van der Waals surface area contributed by atoms with E-state index < -0.39 is 18.4 Å². The molecular formula is C6H5F7O. The van der Waals surface area contributed by atoms with Crippen LogP contribution in [0.25, 0.3) is 0 Å². The van der Waals surface area contributed by atoms with Crippen molar-refractivity contribution in [3.8, 4) is 0 Å². The Morgan fingerprint density at radius 2 is 1.36 bits per heavy atom. The van der Waals surface area contributed by atoms with Crippen LogP contribution < -0.4 is 0 Å². The second-order valence-electron chi connectivity index (χ2n) is 2.19. The predicted molar refractivity (Wildman–Crippen MR) is 31.8 cm³/mol. The fraction of sp³-hybridized carbons (Fsp3) is 0.667. The van der Waals surface area contributed by atoms with E-state index in [4.69, 9.17) is 0 Å². The van der Waals surface area contributed by atoms with Gasteiger partial charge in [-0.3, -0.25) is 0 Å².